The smallest absolute Gasteiger partial charge is 0.270 e. The number of aromatic nitrogens is 2. The Balaban J connectivity index is 1.73. The number of amides is 1. The summed E-state index contributed by atoms with van der Waals surface area (Å²) in [6.07, 6.45) is 1.75. The third-order valence-corrected chi connectivity index (χ3v) is 6.10. The van der Waals surface area contributed by atoms with Gasteiger partial charge in [-0.15, -0.1) is 0 Å². The van der Waals surface area contributed by atoms with E-state index in [1.165, 1.54) is 6.33 Å². The van der Waals surface area contributed by atoms with Crippen molar-refractivity contribution in [2.75, 3.05) is 16.8 Å². The highest BCUT2D eigenvalue weighted by Crippen LogP contribution is 2.21. The van der Waals surface area contributed by atoms with Gasteiger partial charge in [-0.05, 0) is 37.5 Å². The second-order valence-electron chi connectivity index (χ2n) is 6.23. The quantitative estimate of drug-likeness (QED) is 0.861. The molecule has 132 valence electrons. The van der Waals surface area contributed by atoms with E-state index >= 15 is 0 Å². The number of carbonyl (C=O) groups excluding carboxylic acids is 1. The normalized spacial score (nSPS) is 18.7. The lowest BCUT2D eigenvalue weighted by molar-refractivity contribution is 0.0936. The zero-order valence-electron chi connectivity index (χ0n) is 14.1. The molecule has 1 amide bonds. The van der Waals surface area contributed by atoms with Crippen molar-refractivity contribution < 1.29 is 13.2 Å². The lowest BCUT2D eigenvalue weighted by Crippen LogP contribution is -2.36. The number of hydrogen-bond acceptors (Lipinski definition) is 6. The zero-order chi connectivity index (χ0) is 18.0. The molecule has 8 heteroatoms. The molecule has 2 N–H and O–H groups in total. The number of benzene rings is 1. The van der Waals surface area contributed by atoms with E-state index in [-0.39, 0.29) is 23.2 Å². The zero-order valence-corrected chi connectivity index (χ0v) is 14.9. The van der Waals surface area contributed by atoms with E-state index in [0.717, 1.165) is 16.8 Å². The molecular weight excluding hydrogens is 340 g/mol. The first-order valence-electron chi connectivity index (χ1n) is 8.00. The summed E-state index contributed by atoms with van der Waals surface area (Å²) in [5, 5.41) is 5.91. The van der Waals surface area contributed by atoms with Crippen LogP contribution in [0.25, 0.3) is 0 Å². The molecule has 7 nitrogen and oxygen atoms in total. The van der Waals surface area contributed by atoms with E-state index in [1.54, 1.807) is 6.07 Å². The number of sulfone groups is 1. The molecule has 0 bridgehead atoms. The first-order chi connectivity index (χ1) is 11.8. The molecule has 1 fully saturated rings. The van der Waals surface area contributed by atoms with Gasteiger partial charge >= 0.3 is 0 Å². The van der Waals surface area contributed by atoms with Crippen LogP contribution in [0.2, 0.25) is 0 Å². The summed E-state index contributed by atoms with van der Waals surface area (Å²) in [7, 11) is -3.04. The van der Waals surface area contributed by atoms with Gasteiger partial charge in [-0.3, -0.25) is 4.79 Å². The van der Waals surface area contributed by atoms with Crippen molar-refractivity contribution in [3.05, 3.63) is 47.4 Å². The second-order valence-corrected chi connectivity index (χ2v) is 8.46. The Bertz CT molecular complexity index is 912. The highest BCUT2D eigenvalue weighted by molar-refractivity contribution is 7.91. The Morgan fingerprint density at radius 2 is 2.04 bits per heavy atom. The number of carbonyl (C=O) groups is 1. The highest BCUT2D eigenvalue weighted by Gasteiger charge is 2.29. The molecule has 1 aromatic heterocycles. The summed E-state index contributed by atoms with van der Waals surface area (Å²) in [5.41, 5.74) is 3.36. The Morgan fingerprint density at radius 3 is 2.76 bits per heavy atom. The van der Waals surface area contributed by atoms with Crippen LogP contribution in [0, 0.1) is 13.8 Å². The largest absolute Gasteiger partial charge is 0.347 e. The Labute approximate surface area is 146 Å². The molecule has 3 rings (SSSR count). The van der Waals surface area contributed by atoms with Crippen LogP contribution < -0.4 is 10.6 Å². The van der Waals surface area contributed by atoms with Crippen molar-refractivity contribution in [1.29, 1.82) is 0 Å². The van der Waals surface area contributed by atoms with E-state index in [4.69, 9.17) is 0 Å². The lowest BCUT2D eigenvalue weighted by atomic mass is 10.1. The van der Waals surface area contributed by atoms with E-state index in [1.807, 2.05) is 32.0 Å². The Hall–Kier alpha value is -2.48. The predicted molar refractivity (Wildman–Crippen MR) is 95.8 cm³/mol. The molecule has 0 saturated carbocycles. The molecule has 1 aromatic carbocycles. The van der Waals surface area contributed by atoms with Crippen molar-refractivity contribution in [2.45, 2.75) is 26.3 Å². The van der Waals surface area contributed by atoms with Crippen molar-refractivity contribution in [3.8, 4) is 0 Å². The maximum absolute atomic E-state index is 12.3. The van der Waals surface area contributed by atoms with Gasteiger partial charge in [0.15, 0.2) is 9.84 Å². The summed E-state index contributed by atoms with van der Waals surface area (Å²) in [5.74, 6) is 0.208. The average Bonchev–Trinajstić information content (AvgIpc) is 2.91. The molecule has 1 aliphatic rings. The second kappa shape index (κ2) is 6.79. The Kier molecular flexibility index (Phi) is 4.71. The molecule has 25 heavy (non-hydrogen) atoms. The SMILES string of the molecule is Cc1cccc(Nc2cc(C(=O)NC3CCS(=O)(=O)C3)ncn2)c1C. The number of nitrogens with one attached hydrogen (secondary N) is 2. The first kappa shape index (κ1) is 17.3. The van der Waals surface area contributed by atoms with E-state index in [0.29, 0.717) is 12.2 Å². The summed E-state index contributed by atoms with van der Waals surface area (Å²) >= 11 is 0. The fourth-order valence-electron chi connectivity index (χ4n) is 2.74. The third kappa shape index (κ3) is 4.14. The van der Waals surface area contributed by atoms with Crippen LogP contribution in [0.15, 0.2) is 30.6 Å². The van der Waals surface area contributed by atoms with Crippen LogP contribution in [0.4, 0.5) is 11.5 Å². The van der Waals surface area contributed by atoms with Gasteiger partial charge in [-0.1, -0.05) is 12.1 Å². The van der Waals surface area contributed by atoms with Gasteiger partial charge < -0.3 is 10.6 Å². The van der Waals surface area contributed by atoms with Gasteiger partial charge in [0, 0.05) is 17.8 Å². The average molecular weight is 360 g/mol. The van der Waals surface area contributed by atoms with Crippen molar-refractivity contribution in [1.82, 2.24) is 15.3 Å². The summed E-state index contributed by atoms with van der Waals surface area (Å²) in [6.45, 7) is 4.03. The maximum atomic E-state index is 12.3. The summed E-state index contributed by atoms with van der Waals surface area (Å²) in [4.78, 5) is 20.4. The molecule has 0 spiro atoms. The van der Waals surface area contributed by atoms with E-state index in [2.05, 4.69) is 20.6 Å². The standard InChI is InChI=1S/C17H20N4O3S/c1-11-4-3-5-14(12(11)2)21-16-8-15(18-10-19-16)17(22)20-13-6-7-25(23,24)9-13/h3-5,8,10,13H,6-7,9H2,1-2H3,(H,20,22)(H,18,19,21). The number of nitrogens with zero attached hydrogens (tertiary/aromatic N) is 2. The summed E-state index contributed by atoms with van der Waals surface area (Å²) < 4.78 is 23.0. The minimum atomic E-state index is -3.04. The van der Waals surface area contributed by atoms with Crippen molar-refractivity contribution in [3.63, 3.8) is 0 Å². The van der Waals surface area contributed by atoms with Crippen LogP contribution in [0.3, 0.4) is 0 Å². The Morgan fingerprint density at radius 1 is 1.24 bits per heavy atom. The number of aryl methyl sites for hydroxylation is 1. The van der Waals surface area contributed by atoms with E-state index in [9.17, 15) is 13.2 Å². The maximum Gasteiger partial charge on any atom is 0.270 e. The van der Waals surface area contributed by atoms with Crippen LogP contribution in [-0.2, 0) is 9.84 Å². The fourth-order valence-corrected chi connectivity index (χ4v) is 4.42. The molecule has 1 saturated heterocycles. The number of anilines is 2. The van der Waals surface area contributed by atoms with Crippen LogP contribution >= 0.6 is 0 Å². The predicted octanol–water partition coefficient (Wildman–Crippen LogP) is 1.75. The molecular formula is C17H20N4O3S. The molecule has 1 atom stereocenters. The van der Waals surface area contributed by atoms with Gasteiger partial charge in [0.25, 0.3) is 5.91 Å². The fraction of sp³-hybridized carbons (Fsp3) is 0.353. The topological polar surface area (TPSA) is 101 Å². The van der Waals surface area contributed by atoms with E-state index < -0.39 is 15.7 Å². The van der Waals surface area contributed by atoms with Crippen molar-refractivity contribution >= 4 is 27.2 Å². The van der Waals surface area contributed by atoms with Crippen LogP contribution in [0.1, 0.15) is 28.0 Å². The molecule has 0 aliphatic carbocycles. The van der Waals surface area contributed by atoms with Gasteiger partial charge in [-0.25, -0.2) is 18.4 Å². The molecule has 2 aromatic rings. The van der Waals surface area contributed by atoms with Gasteiger partial charge in [0.1, 0.15) is 17.8 Å². The highest BCUT2D eigenvalue weighted by atomic mass is 32.2. The number of rotatable bonds is 4. The monoisotopic (exact) mass is 360 g/mol. The third-order valence-electron chi connectivity index (χ3n) is 4.33. The van der Waals surface area contributed by atoms with Crippen molar-refractivity contribution in [2.24, 2.45) is 0 Å². The molecule has 1 aliphatic heterocycles. The lowest BCUT2D eigenvalue weighted by Gasteiger charge is -2.12. The number of hydrogen-bond donors (Lipinski definition) is 2. The molecule has 0 radical (unpaired) electrons. The van der Waals surface area contributed by atoms with Gasteiger partial charge in [-0.2, -0.15) is 0 Å². The van der Waals surface area contributed by atoms with Gasteiger partial charge in [0.2, 0.25) is 0 Å². The minimum absolute atomic E-state index is 0.0165. The van der Waals surface area contributed by atoms with Crippen LogP contribution in [0.5, 0.6) is 0 Å². The van der Waals surface area contributed by atoms with Gasteiger partial charge in [0.05, 0.1) is 11.5 Å². The minimum Gasteiger partial charge on any atom is -0.347 e. The first-order valence-corrected chi connectivity index (χ1v) is 9.83. The van der Waals surface area contributed by atoms with Crippen LogP contribution in [-0.4, -0.2) is 41.8 Å². The molecule has 2 heterocycles. The summed E-state index contributed by atoms with van der Waals surface area (Å²) in [6, 6.07) is 7.10. The molecule has 1 unspecified atom stereocenters.